The molecular formula is C15H25N3. The zero-order valence-electron chi connectivity index (χ0n) is 12.1. The van der Waals surface area contributed by atoms with E-state index >= 15 is 0 Å². The summed E-state index contributed by atoms with van der Waals surface area (Å²) in [4.78, 5) is 0. The van der Waals surface area contributed by atoms with Gasteiger partial charge in [0.15, 0.2) is 0 Å². The predicted octanol–water partition coefficient (Wildman–Crippen LogP) is 2.88. The molecule has 0 aliphatic heterocycles. The maximum absolute atomic E-state index is 4.52. The zero-order chi connectivity index (χ0) is 12.9. The first-order valence-electron chi connectivity index (χ1n) is 7.27. The van der Waals surface area contributed by atoms with E-state index in [-0.39, 0.29) is 0 Å². The van der Waals surface area contributed by atoms with Gasteiger partial charge in [0.1, 0.15) is 0 Å². The Morgan fingerprint density at radius 2 is 2.06 bits per heavy atom. The summed E-state index contributed by atoms with van der Waals surface area (Å²) < 4.78 is 2.00. The second-order valence-corrected chi connectivity index (χ2v) is 6.45. The maximum Gasteiger partial charge on any atom is 0.0644 e. The van der Waals surface area contributed by atoms with E-state index in [0.717, 1.165) is 5.92 Å². The Morgan fingerprint density at radius 1 is 1.39 bits per heavy atom. The summed E-state index contributed by atoms with van der Waals surface area (Å²) in [6.45, 7) is 7.77. The first kappa shape index (κ1) is 12.2. The number of hydrogen-bond acceptors (Lipinski definition) is 2. The Kier molecular flexibility index (Phi) is 2.77. The van der Waals surface area contributed by atoms with Crippen LogP contribution in [-0.2, 0) is 7.05 Å². The average Bonchev–Trinajstić information content (AvgIpc) is 3.18. The van der Waals surface area contributed by atoms with Crippen molar-refractivity contribution in [3.8, 4) is 0 Å². The van der Waals surface area contributed by atoms with E-state index < -0.39 is 0 Å². The minimum Gasteiger partial charge on any atom is -0.309 e. The van der Waals surface area contributed by atoms with Gasteiger partial charge in [-0.05, 0) is 57.8 Å². The third kappa shape index (κ3) is 1.99. The lowest BCUT2D eigenvalue weighted by molar-refractivity contribution is 0.381. The molecule has 100 valence electrons. The predicted molar refractivity (Wildman–Crippen MR) is 73.5 cm³/mol. The first-order valence-corrected chi connectivity index (χ1v) is 7.27. The van der Waals surface area contributed by atoms with Crippen LogP contribution >= 0.6 is 0 Å². The van der Waals surface area contributed by atoms with Crippen LogP contribution in [0, 0.1) is 25.2 Å². The number of aryl methyl sites for hydroxylation is 2. The smallest absolute Gasteiger partial charge is 0.0644 e. The van der Waals surface area contributed by atoms with Crippen LogP contribution in [0.1, 0.15) is 55.6 Å². The molecule has 1 atom stereocenters. The Balaban J connectivity index is 1.65. The summed E-state index contributed by atoms with van der Waals surface area (Å²) in [6, 6.07) is 0.426. The van der Waals surface area contributed by atoms with Crippen molar-refractivity contribution in [1.82, 2.24) is 15.1 Å². The average molecular weight is 247 g/mol. The fourth-order valence-corrected chi connectivity index (χ4v) is 3.46. The van der Waals surface area contributed by atoms with Crippen LogP contribution in [0.3, 0.4) is 0 Å². The lowest BCUT2D eigenvalue weighted by Crippen LogP contribution is -2.28. The highest BCUT2D eigenvalue weighted by Crippen LogP contribution is 2.60. The van der Waals surface area contributed by atoms with Crippen molar-refractivity contribution in [2.45, 2.75) is 52.5 Å². The van der Waals surface area contributed by atoms with Crippen molar-refractivity contribution in [1.29, 1.82) is 0 Å². The van der Waals surface area contributed by atoms with Gasteiger partial charge in [0.05, 0.1) is 5.69 Å². The number of hydrogen-bond donors (Lipinski definition) is 1. The summed E-state index contributed by atoms with van der Waals surface area (Å²) >= 11 is 0. The second kappa shape index (κ2) is 4.09. The van der Waals surface area contributed by atoms with Gasteiger partial charge in [-0.15, -0.1) is 0 Å². The number of aromatic nitrogens is 2. The molecule has 1 unspecified atom stereocenters. The third-order valence-electron chi connectivity index (χ3n) is 5.09. The fraction of sp³-hybridized carbons (Fsp3) is 0.800. The van der Waals surface area contributed by atoms with Crippen LogP contribution in [0.5, 0.6) is 0 Å². The molecule has 0 bridgehead atoms. The molecule has 1 aromatic rings. The molecule has 2 fully saturated rings. The molecular weight excluding hydrogens is 222 g/mol. The molecule has 2 aliphatic carbocycles. The van der Waals surface area contributed by atoms with Crippen molar-refractivity contribution in [2.75, 3.05) is 6.54 Å². The molecule has 3 heteroatoms. The SMILES string of the molecule is Cc1nn(C)c(C)c1C(C)NCC1(C2CC2)CC1. The summed E-state index contributed by atoms with van der Waals surface area (Å²) in [7, 11) is 2.03. The second-order valence-electron chi connectivity index (χ2n) is 6.45. The largest absolute Gasteiger partial charge is 0.309 e. The molecule has 1 N–H and O–H groups in total. The lowest BCUT2D eigenvalue weighted by Gasteiger charge is -2.20. The minimum atomic E-state index is 0.426. The molecule has 18 heavy (non-hydrogen) atoms. The molecule has 1 aromatic heterocycles. The normalized spacial score (nSPS) is 23.1. The molecule has 0 aromatic carbocycles. The van der Waals surface area contributed by atoms with E-state index in [1.165, 1.54) is 49.2 Å². The Bertz CT molecular complexity index is 453. The van der Waals surface area contributed by atoms with Crippen LogP contribution in [0.4, 0.5) is 0 Å². The van der Waals surface area contributed by atoms with Gasteiger partial charge in [0.2, 0.25) is 0 Å². The fourth-order valence-electron chi connectivity index (χ4n) is 3.46. The highest BCUT2D eigenvalue weighted by atomic mass is 15.3. The standard InChI is InChI=1S/C15H25N3/c1-10(14-11(2)17-18(4)12(14)3)16-9-15(7-8-15)13-5-6-13/h10,13,16H,5-9H2,1-4H3. The third-order valence-corrected chi connectivity index (χ3v) is 5.09. The topological polar surface area (TPSA) is 29.9 Å². The van der Waals surface area contributed by atoms with Gasteiger partial charge in [-0.3, -0.25) is 4.68 Å². The van der Waals surface area contributed by atoms with Gasteiger partial charge in [-0.1, -0.05) is 0 Å². The summed E-state index contributed by atoms with van der Waals surface area (Å²) in [6.07, 6.45) is 5.84. The van der Waals surface area contributed by atoms with Crippen molar-refractivity contribution >= 4 is 0 Å². The van der Waals surface area contributed by atoms with Crippen molar-refractivity contribution < 1.29 is 0 Å². The van der Waals surface area contributed by atoms with Gasteiger partial charge in [-0.25, -0.2) is 0 Å². The van der Waals surface area contributed by atoms with E-state index in [4.69, 9.17) is 0 Å². The summed E-state index contributed by atoms with van der Waals surface area (Å²) in [5.41, 5.74) is 4.54. The molecule has 0 spiro atoms. The van der Waals surface area contributed by atoms with Crippen molar-refractivity contribution in [3.63, 3.8) is 0 Å². The highest BCUT2D eigenvalue weighted by Gasteiger charge is 2.53. The van der Waals surface area contributed by atoms with E-state index in [9.17, 15) is 0 Å². The molecule has 3 nitrogen and oxygen atoms in total. The van der Waals surface area contributed by atoms with E-state index in [2.05, 4.69) is 31.2 Å². The number of nitrogens with zero attached hydrogens (tertiary/aromatic N) is 2. The molecule has 3 rings (SSSR count). The Labute approximate surface area is 110 Å². The Morgan fingerprint density at radius 3 is 2.50 bits per heavy atom. The zero-order valence-corrected chi connectivity index (χ0v) is 12.1. The number of rotatable bonds is 5. The number of nitrogens with one attached hydrogen (secondary N) is 1. The first-order chi connectivity index (χ1) is 8.53. The quantitative estimate of drug-likeness (QED) is 0.867. The lowest BCUT2D eigenvalue weighted by atomic mass is 9.99. The van der Waals surface area contributed by atoms with Crippen LogP contribution < -0.4 is 5.32 Å². The molecule has 0 amide bonds. The van der Waals surface area contributed by atoms with Crippen molar-refractivity contribution in [2.24, 2.45) is 18.4 Å². The maximum atomic E-state index is 4.52. The van der Waals surface area contributed by atoms with Crippen LogP contribution in [-0.4, -0.2) is 16.3 Å². The van der Waals surface area contributed by atoms with Crippen LogP contribution in [0.25, 0.3) is 0 Å². The van der Waals surface area contributed by atoms with Gasteiger partial charge in [-0.2, -0.15) is 5.10 Å². The van der Waals surface area contributed by atoms with E-state index in [1.54, 1.807) is 0 Å². The van der Waals surface area contributed by atoms with Crippen LogP contribution in [0.2, 0.25) is 0 Å². The minimum absolute atomic E-state index is 0.426. The van der Waals surface area contributed by atoms with E-state index in [0.29, 0.717) is 11.5 Å². The molecule has 1 heterocycles. The van der Waals surface area contributed by atoms with Gasteiger partial charge < -0.3 is 5.32 Å². The molecule has 0 radical (unpaired) electrons. The Hall–Kier alpha value is -0.830. The molecule has 0 saturated heterocycles. The molecule has 2 aliphatic rings. The van der Waals surface area contributed by atoms with Gasteiger partial charge >= 0.3 is 0 Å². The van der Waals surface area contributed by atoms with Crippen molar-refractivity contribution in [3.05, 3.63) is 17.0 Å². The van der Waals surface area contributed by atoms with Gasteiger partial charge in [0, 0.05) is 30.9 Å². The van der Waals surface area contributed by atoms with E-state index in [1.807, 2.05) is 11.7 Å². The molecule has 2 saturated carbocycles. The monoisotopic (exact) mass is 247 g/mol. The van der Waals surface area contributed by atoms with Crippen LogP contribution in [0.15, 0.2) is 0 Å². The summed E-state index contributed by atoms with van der Waals surface area (Å²) in [5, 5.41) is 8.28. The summed E-state index contributed by atoms with van der Waals surface area (Å²) in [5.74, 6) is 1.04. The van der Waals surface area contributed by atoms with Gasteiger partial charge in [0.25, 0.3) is 0 Å². The highest BCUT2D eigenvalue weighted by molar-refractivity contribution is 5.27.